The van der Waals surface area contributed by atoms with Crippen LogP contribution in [0.4, 0.5) is 5.82 Å². The van der Waals surface area contributed by atoms with Crippen LogP contribution in [0.25, 0.3) is 0 Å². The van der Waals surface area contributed by atoms with Gasteiger partial charge in [0.15, 0.2) is 5.78 Å². The van der Waals surface area contributed by atoms with Crippen LogP contribution in [0.5, 0.6) is 0 Å². The predicted molar refractivity (Wildman–Crippen MR) is 112 cm³/mol. The second-order valence-corrected chi connectivity index (χ2v) is 9.23. The van der Waals surface area contributed by atoms with Crippen LogP contribution < -0.4 is 17.0 Å². The summed E-state index contributed by atoms with van der Waals surface area (Å²) in [6.07, 6.45) is 2.00. The van der Waals surface area contributed by atoms with E-state index in [9.17, 15) is 14.4 Å². The molecule has 1 atom stereocenters. The lowest BCUT2D eigenvalue weighted by Gasteiger charge is -2.23. The highest BCUT2D eigenvalue weighted by atomic mass is 32.1. The molecular weight excluding hydrogens is 376 g/mol. The number of hydrogen-bond acceptors (Lipinski definition) is 6. The van der Waals surface area contributed by atoms with Crippen LogP contribution in [0.2, 0.25) is 0 Å². The van der Waals surface area contributed by atoms with Crippen molar-refractivity contribution < 1.29 is 4.79 Å². The van der Waals surface area contributed by atoms with Gasteiger partial charge in [-0.1, -0.05) is 13.8 Å². The Hall–Kier alpha value is -2.19. The lowest BCUT2D eigenvalue weighted by molar-refractivity contribution is 0.0920. The van der Waals surface area contributed by atoms with Crippen LogP contribution >= 0.6 is 11.3 Å². The minimum Gasteiger partial charge on any atom is -0.384 e. The molecule has 0 aromatic carbocycles. The number of rotatable bonds is 6. The summed E-state index contributed by atoms with van der Waals surface area (Å²) >= 11 is 1.74. The number of likely N-dealkylation sites (tertiary alicyclic amines) is 1. The average Bonchev–Trinajstić information content (AvgIpc) is 3.25. The minimum atomic E-state index is -0.616. The number of ketones is 1. The standard InChI is InChI=1S/C20H28N4O3S/c1-12(2)10-24-18(21)17(19(26)22(4)20(24)27)15(25)11-23-9-5-6-14(23)16-8-7-13(3)28-16/h7-8,12,14H,5-6,9-11,21H2,1-4H3. The van der Waals surface area contributed by atoms with Gasteiger partial charge in [-0.15, -0.1) is 11.3 Å². The number of thiophene rings is 1. The van der Waals surface area contributed by atoms with Crippen LogP contribution in [0.15, 0.2) is 21.7 Å². The highest BCUT2D eigenvalue weighted by molar-refractivity contribution is 7.12. The van der Waals surface area contributed by atoms with E-state index in [1.54, 1.807) is 11.3 Å². The van der Waals surface area contributed by atoms with Crippen molar-refractivity contribution in [2.24, 2.45) is 13.0 Å². The molecule has 2 N–H and O–H groups in total. The monoisotopic (exact) mass is 404 g/mol. The first-order chi connectivity index (χ1) is 13.2. The summed E-state index contributed by atoms with van der Waals surface area (Å²) in [6, 6.07) is 4.40. The van der Waals surface area contributed by atoms with Crippen molar-refractivity contribution in [2.75, 3.05) is 18.8 Å². The quantitative estimate of drug-likeness (QED) is 0.745. The zero-order chi connectivity index (χ0) is 20.6. The van der Waals surface area contributed by atoms with Crippen molar-refractivity contribution in [3.63, 3.8) is 0 Å². The molecular formula is C20H28N4O3S. The highest BCUT2D eigenvalue weighted by Gasteiger charge is 2.31. The molecule has 1 fully saturated rings. The second kappa shape index (κ2) is 8.05. The Morgan fingerprint density at radius 2 is 2.04 bits per heavy atom. The molecule has 8 heteroatoms. The SMILES string of the molecule is Cc1ccc(C2CCCN2CC(=O)c2c(N)n(CC(C)C)c(=O)n(C)c2=O)s1. The van der Waals surface area contributed by atoms with Crippen molar-refractivity contribution in [2.45, 2.75) is 46.2 Å². The van der Waals surface area contributed by atoms with E-state index in [0.29, 0.717) is 6.54 Å². The van der Waals surface area contributed by atoms with Gasteiger partial charge in [-0.05, 0) is 44.4 Å². The van der Waals surface area contributed by atoms with E-state index >= 15 is 0 Å². The smallest absolute Gasteiger partial charge is 0.332 e. The molecule has 1 aliphatic heterocycles. The molecule has 0 aliphatic carbocycles. The summed E-state index contributed by atoms with van der Waals surface area (Å²) < 4.78 is 2.32. The lowest BCUT2D eigenvalue weighted by Crippen LogP contribution is -2.44. The van der Waals surface area contributed by atoms with Crippen LogP contribution in [-0.4, -0.2) is 32.9 Å². The first-order valence-electron chi connectivity index (χ1n) is 9.63. The van der Waals surface area contributed by atoms with Gasteiger partial charge in [-0.25, -0.2) is 4.79 Å². The normalized spacial score (nSPS) is 17.5. The van der Waals surface area contributed by atoms with E-state index in [1.165, 1.54) is 21.4 Å². The molecule has 0 amide bonds. The van der Waals surface area contributed by atoms with E-state index in [-0.39, 0.29) is 35.7 Å². The Labute approximate surface area is 168 Å². The number of anilines is 1. The van der Waals surface area contributed by atoms with Gasteiger partial charge >= 0.3 is 5.69 Å². The zero-order valence-corrected chi connectivity index (χ0v) is 17.7. The summed E-state index contributed by atoms with van der Waals surface area (Å²) in [4.78, 5) is 42.8. The molecule has 7 nitrogen and oxygen atoms in total. The van der Waals surface area contributed by atoms with Crippen molar-refractivity contribution >= 4 is 22.9 Å². The third-order valence-corrected chi connectivity index (χ3v) is 6.31. The molecule has 3 rings (SSSR count). The summed E-state index contributed by atoms with van der Waals surface area (Å²) in [5.74, 6) is -0.184. The maximum absolute atomic E-state index is 13.1. The van der Waals surface area contributed by atoms with Crippen LogP contribution in [0.1, 0.15) is 52.8 Å². The largest absolute Gasteiger partial charge is 0.384 e. The fourth-order valence-electron chi connectivity index (χ4n) is 3.82. The van der Waals surface area contributed by atoms with Crippen molar-refractivity contribution in [3.05, 3.63) is 48.3 Å². The molecule has 152 valence electrons. The lowest BCUT2D eigenvalue weighted by atomic mass is 10.1. The van der Waals surface area contributed by atoms with Gasteiger partial charge in [0.2, 0.25) is 0 Å². The average molecular weight is 405 g/mol. The first-order valence-corrected chi connectivity index (χ1v) is 10.4. The molecule has 28 heavy (non-hydrogen) atoms. The molecule has 0 spiro atoms. The molecule has 1 aliphatic rings. The topological polar surface area (TPSA) is 90.3 Å². The van der Waals surface area contributed by atoms with Gasteiger partial charge in [0, 0.05) is 29.4 Å². The maximum Gasteiger partial charge on any atom is 0.332 e. The van der Waals surface area contributed by atoms with Crippen LogP contribution in [-0.2, 0) is 13.6 Å². The third kappa shape index (κ3) is 3.84. The summed E-state index contributed by atoms with van der Waals surface area (Å²) in [5, 5.41) is 0. The Morgan fingerprint density at radius 1 is 1.32 bits per heavy atom. The molecule has 0 radical (unpaired) electrons. The van der Waals surface area contributed by atoms with E-state index < -0.39 is 11.2 Å². The Morgan fingerprint density at radius 3 is 2.64 bits per heavy atom. The number of hydrogen-bond donors (Lipinski definition) is 1. The van der Waals surface area contributed by atoms with Crippen molar-refractivity contribution in [1.82, 2.24) is 14.0 Å². The number of carbonyl (C=O) groups is 1. The zero-order valence-electron chi connectivity index (χ0n) is 16.9. The second-order valence-electron chi connectivity index (χ2n) is 7.91. The highest BCUT2D eigenvalue weighted by Crippen LogP contribution is 2.35. The maximum atomic E-state index is 13.1. The van der Waals surface area contributed by atoms with Gasteiger partial charge in [0.1, 0.15) is 11.4 Å². The molecule has 0 saturated carbocycles. The number of aromatic nitrogens is 2. The van der Waals surface area contributed by atoms with Crippen LogP contribution in [0, 0.1) is 12.8 Å². The molecule has 2 aromatic rings. The van der Waals surface area contributed by atoms with Crippen molar-refractivity contribution in [3.8, 4) is 0 Å². The number of nitrogen functional groups attached to an aromatic ring is 1. The van der Waals surface area contributed by atoms with Gasteiger partial charge in [0.05, 0.1) is 6.54 Å². The summed E-state index contributed by atoms with van der Waals surface area (Å²) in [7, 11) is 1.39. The van der Waals surface area contributed by atoms with Crippen molar-refractivity contribution in [1.29, 1.82) is 0 Å². The van der Waals surface area contributed by atoms with E-state index in [1.807, 2.05) is 13.8 Å². The van der Waals surface area contributed by atoms with Gasteiger partial charge in [-0.3, -0.25) is 23.6 Å². The molecule has 3 heterocycles. The Balaban J connectivity index is 1.93. The van der Waals surface area contributed by atoms with E-state index in [2.05, 4.69) is 24.0 Å². The number of aryl methyl sites for hydroxylation is 1. The summed E-state index contributed by atoms with van der Waals surface area (Å²) in [5.41, 5.74) is 4.96. The van der Waals surface area contributed by atoms with Gasteiger partial charge in [-0.2, -0.15) is 0 Å². The van der Waals surface area contributed by atoms with E-state index in [4.69, 9.17) is 5.73 Å². The van der Waals surface area contributed by atoms with Gasteiger partial charge < -0.3 is 5.73 Å². The molecule has 1 unspecified atom stereocenters. The molecule has 2 aromatic heterocycles. The number of nitrogens with zero attached hydrogens (tertiary/aromatic N) is 3. The first kappa shape index (κ1) is 20.5. The Kier molecular flexibility index (Phi) is 5.90. The predicted octanol–water partition coefficient (Wildman–Crippen LogP) is 2.17. The molecule has 0 bridgehead atoms. The molecule has 1 saturated heterocycles. The van der Waals surface area contributed by atoms with Crippen LogP contribution in [0.3, 0.4) is 0 Å². The number of carbonyl (C=O) groups excluding carboxylic acids is 1. The summed E-state index contributed by atoms with van der Waals surface area (Å²) in [6.45, 7) is 7.27. The van der Waals surface area contributed by atoms with Gasteiger partial charge in [0.25, 0.3) is 5.56 Å². The van der Waals surface area contributed by atoms with E-state index in [0.717, 1.165) is 24.0 Å². The number of nitrogens with two attached hydrogens (primary N) is 1. The Bertz CT molecular complexity index is 1000. The fraction of sp³-hybridized carbons (Fsp3) is 0.550. The number of Topliss-reactive ketones (excluding diaryl/α,β-unsaturated/α-hetero) is 1. The minimum absolute atomic E-state index is 0.0190. The third-order valence-electron chi connectivity index (χ3n) is 5.21. The fourth-order valence-corrected chi connectivity index (χ4v) is 4.87.